The van der Waals surface area contributed by atoms with Gasteiger partial charge in [-0.05, 0) is 79.7 Å². The van der Waals surface area contributed by atoms with Crippen molar-refractivity contribution in [1.82, 2.24) is 20.4 Å². The molecule has 0 saturated carbocycles. The number of nitrogens with zero attached hydrogens (tertiary/aromatic N) is 4. The Bertz CT molecular complexity index is 1160. The number of aromatic nitrogens is 2. The topological polar surface area (TPSA) is 95.0 Å². The van der Waals surface area contributed by atoms with Gasteiger partial charge < -0.3 is 9.84 Å². The fraction of sp³-hybridized carbons (Fsp3) is 0.308. The summed E-state index contributed by atoms with van der Waals surface area (Å²) in [6.45, 7) is 3.39. The van der Waals surface area contributed by atoms with Crippen molar-refractivity contribution >= 4 is 18.1 Å². The molecule has 34 heavy (non-hydrogen) atoms. The van der Waals surface area contributed by atoms with Crippen molar-refractivity contribution in [1.29, 1.82) is 5.26 Å². The third-order valence-electron chi connectivity index (χ3n) is 5.97. The van der Waals surface area contributed by atoms with Gasteiger partial charge in [-0.2, -0.15) is 10.2 Å². The van der Waals surface area contributed by atoms with E-state index in [1.807, 2.05) is 24.3 Å². The smallest absolute Gasteiger partial charge is 0.292 e. The van der Waals surface area contributed by atoms with Gasteiger partial charge in [0.05, 0.1) is 11.6 Å². The van der Waals surface area contributed by atoms with Crippen LogP contribution in [-0.4, -0.2) is 40.6 Å². The highest BCUT2D eigenvalue weighted by Crippen LogP contribution is 2.21. The maximum Gasteiger partial charge on any atom is 0.292 e. The quantitative estimate of drug-likeness (QED) is 0.540. The van der Waals surface area contributed by atoms with E-state index in [4.69, 9.17) is 9.78 Å². The Morgan fingerprint density at radius 3 is 2.59 bits per heavy atom. The molecule has 1 aliphatic rings. The zero-order chi connectivity index (χ0) is 23.8. The summed E-state index contributed by atoms with van der Waals surface area (Å²) in [6, 6.07) is 15.8. The fourth-order valence-corrected chi connectivity index (χ4v) is 3.98. The summed E-state index contributed by atoms with van der Waals surface area (Å²) in [5.74, 6) is 0.245. The minimum Gasteiger partial charge on any atom is -0.349 e. The standard InChI is InChI=1S/C26H26FN5O2/c27-23-8-5-22(6-9-23)18-32-15-12-20(13-16-32)11-14-29-26(33)25-30-24(34-31-25)10-7-19-1-3-21(17-28)4-2-19/h1-10,20H,11-16,18H2,(H,29,33). The molecule has 1 N–H and O–H groups in total. The van der Waals surface area contributed by atoms with Gasteiger partial charge in [0.1, 0.15) is 5.82 Å². The third-order valence-corrected chi connectivity index (χ3v) is 5.97. The summed E-state index contributed by atoms with van der Waals surface area (Å²) < 4.78 is 18.2. The monoisotopic (exact) mass is 459 g/mol. The third kappa shape index (κ3) is 6.59. The molecule has 2 heterocycles. The molecule has 0 atom stereocenters. The molecule has 0 spiro atoms. The molecule has 1 fully saturated rings. The first-order chi connectivity index (χ1) is 16.6. The molecule has 1 aliphatic heterocycles. The molecule has 0 unspecified atom stereocenters. The van der Waals surface area contributed by atoms with Crippen LogP contribution < -0.4 is 5.32 Å². The van der Waals surface area contributed by atoms with Crippen molar-refractivity contribution in [2.75, 3.05) is 19.6 Å². The van der Waals surface area contributed by atoms with Crippen molar-refractivity contribution in [2.24, 2.45) is 5.92 Å². The number of carbonyl (C=O) groups is 1. The molecule has 174 valence electrons. The average Bonchev–Trinajstić information content (AvgIpc) is 3.35. The lowest BCUT2D eigenvalue weighted by Gasteiger charge is -2.32. The van der Waals surface area contributed by atoms with Gasteiger partial charge in [-0.3, -0.25) is 9.69 Å². The highest BCUT2D eigenvalue weighted by atomic mass is 19.1. The zero-order valence-electron chi connectivity index (χ0n) is 18.8. The molecular formula is C26H26FN5O2. The number of amides is 1. The molecule has 1 amide bonds. The summed E-state index contributed by atoms with van der Waals surface area (Å²) in [7, 11) is 0. The fourth-order valence-electron chi connectivity index (χ4n) is 3.98. The van der Waals surface area contributed by atoms with E-state index in [1.165, 1.54) is 12.1 Å². The summed E-state index contributed by atoms with van der Waals surface area (Å²) in [5.41, 5.74) is 2.59. The second-order valence-corrected chi connectivity index (χ2v) is 8.41. The van der Waals surface area contributed by atoms with Crippen LogP contribution in [0.15, 0.2) is 53.1 Å². The number of hydrogen-bond donors (Lipinski definition) is 1. The molecule has 0 radical (unpaired) electrons. The van der Waals surface area contributed by atoms with Gasteiger partial charge in [0.25, 0.3) is 17.6 Å². The summed E-state index contributed by atoms with van der Waals surface area (Å²) in [6.07, 6.45) is 6.45. The van der Waals surface area contributed by atoms with E-state index >= 15 is 0 Å². The lowest BCUT2D eigenvalue weighted by Crippen LogP contribution is -2.35. The largest absolute Gasteiger partial charge is 0.349 e. The van der Waals surface area contributed by atoms with E-state index < -0.39 is 0 Å². The number of halogens is 1. The number of benzene rings is 2. The van der Waals surface area contributed by atoms with Gasteiger partial charge >= 0.3 is 0 Å². The lowest BCUT2D eigenvalue weighted by atomic mass is 9.93. The van der Waals surface area contributed by atoms with Crippen molar-refractivity contribution in [3.63, 3.8) is 0 Å². The minimum atomic E-state index is -0.351. The second-order valence-electron chi connectivity index (χ2n) is 8.41. The lowest BCUT2D eigenvalue weighted by molar-refractivity contribution is 0.0934. The first-order valence-electron chi connectivity index (χ1n) is 11.4. The molecule has 3 aromatic rings. The van der Waals surface area contributed by atoms with Crippen LogP contribution in [0.3, 0.4) is 0 Å². The van der Waals surface area contributed by atoms with Gasteiger partial charge in [-0.25, -0.2) is 4.39 Å². The van der Waals surface area contributed by atoms with Gasteiger partial charge in [-0.15, -0.1) is 0 Å². The molecule has 0 bridgehead atoms. The molecular weight excluding hydrogens is 433 g/mol. The van der Waals surface area contributed by atoms with Gasteiger partial charge in [0, 0.05) is 19.2 Å². The van der Waals surface area contributed by atoms with E-state index in [0.29, 0.717) is 18.0 Å². The van der Waals surface area contributed by atoms with Crippen LogP contribution in [0.5, 0.6) is 0 Å². The van der Waals surface area contributed by atoms with E-state index in [-0.39, 0.29) is 23.4 Å². The van der Waals surface area contributed by atoms with E-state index in [0.717, 1.165) is 50.0 Å². The Morgan fingerprint density at radius 2 is 1.88 bits per heavy atom. The molecule has 4 rings (SSSR count). The number of hydrogen-bond acceptors (Lipinski definition) is 6. The van der Waals surface area contributed by atoms with Gasteiger partial charge in [0.2, 0.25) is 0 Å². The van der Waals surface area contributed by atoms with Gasteiger partial charge in [-0.1, -0.05) is 29.4 Å². The van der Waals surface area contributed by atoms with Crippen LogP contribution in [0.2, 0.25) is 0 Å². The SMILES string of the molecule is N#Cc1ccc(C=Cc2nc(C(=O)NCCC3CCN(Cc4ccc(F)cc4)CC3)no2)cc1. The number of carbonyl (C=O) groups excluding carboxylic acids is 1. The first-order valence-corrected chi connectivity index (χ1v) is 11.4. The van der Waals surface area contributed by atoms with Crippen molar-refractivity contribution in [2.45, 2.75) is 25.8 Å². The number of rotatable bonds is 8. The Morgan fingerprint density at radius 1 is 1.15 bits per heavy atom. The zero-order valence-corrected chi connectivity index (χ0v) is 18.8. The van der Waals surface area contributed by atoms with Crippen LogP contribution in [0.4, 0.5) is 4.39 Å². The predicted molar refractivity (Wildman–Crippen MR) is 126 cm³/mol. The molecule has 1 saturated heterocycles. The minimum absolute atomic E-state index is 0.00796. The van der Waals surface area contributed by atoms with Crippen LogP contribution in [0.25, 0.3) is 12.2 Å². The number of nitrogens with one attached hydrogen (secondary N) is 1. The maximum atomic E-state index is 13.1. The Balaban J connectivity index is 1.17. The van der Waals surface area contributed by atoms with Crippen LogP contribution in [-0.2, 0) is 6.54 Å². The Labute approximate surface area is 197 Å². The highest BCUT2D eigenvalue weighted by Gasteiger charge is 2.20. The first kappa shape index (κ1) is 23.3. The number of piperidine rings is 1. The number of nitriles is 1. The van der Waals surface area contributed by atoms with Crippen molar-refractivity contribution < 1.29 is 13.7 Å². The Kier molecular flexibility index (Phi) is 7.79. The molecule has 2 aromatic carbocycles. The molecule has 1 aromatic heterocycles. The predicted octanol–water partition coefficient (Wildman–Crippen LogP) is 4.28. The van der Waals surface area contributed by atoms with Crippen LogP contribution in [0, 0.1) is 23.1 Å². The van der Waals surface area contributed by atoms with Crippen LogP contribution >= 0.6 is 0 Å². The second kappa shape index (κ2) is 11.3. The summed E-state index contributed by atoms with van der Waals surface area (Å²) in [5, 5.41) is 15.5. The average molecular weight is 460 g/mol. The molecule has 0 aliphatic carbocycles. The highest BCUT2D eigenvalue weighted by molar-refractivity contribution is 5.90. The maximum absolute atomic E-state index is 13.1. The van der Waals surface area contributed by atoms with E-state index in [9.17, 15) is 9.18 Å². The van der Waals surface area contributed by atoms with Crippen LogP contribution in [0.1, 0.15) is 52.5 Å². The van der Waals surface area contributed by atoms with Crippen molar-refractivity contribution in [3.8, 4) is 6.07 Å². The summed E-state index contributed by atoms with van der Waals surface area (Å²) >= 11 is 0. The van der Waals surface area contributed by atoms with Crippen molar-refractivity contribution in [3.05, 3.63) is 82.8 Å². The molecule has 7 nitrogen and oxygen atoms in total. The normalized spacial score (nSPS) is 14.8. The Hall–Kier alpha value is -3.83. The number of likely N-dealkylation sites (tertiary alicyclic amines) is 1. The summed E-state index contributed by atoms with van der Waals surface area (Å²) in [4.78, 5) is 18.8. The van der Waals surface area contributed by atoms with E-state index in [2.05, 4.69) is 26.4 Å². The van der Waals surface area contributed by atoms with E-state index in [1.54, 1.807) is 24.3 Å². The molecule has 8 heteroatoms. The van der Waals surface area contributed by atoms with Gasteiger partial charge in [0.15, 0.2) is 0 Å².